The van der Waals surface area contributed by atoms with Crippen LogP contribution in [-0.2, 0) is 14.3 Å². The van der Waals surface area contributed by atoms with Crippen LogP contribution < -0.4 is 4.90 Å². The molecule has 0 fully saturated rings. The van der Waals surface area contributed by atoms with E-state index < -0.39 is 17.9 Å². The van der Waals surface area contributed by atoms with E-state index in [2.05, 4.69) is 13.8 Å². The number of imidazole rings is 1. The Morgan fingerprint density at radius 1 is 1.10 bits per heavy atom. The summed E-state index contributed by atoms with van der Waals surface area (Å²) in [7, 11) is 0. The van der Waals surface area contributed by atoms with Crippen molar-refractivity contribution in [1.29, 1.82) is 0 Å². The Bertz CT molecular complexity index is 1060. The van der Waals surface area contributed by atoms with Gasteiger partial charge in [-0.25, -0.2) is 4.98 Å². The van der Waals surface area contributed by atoms with Crippen LogP contribution in [0.2, 0.25) is 0 Å². The predicted octanol–water partition coefficient (Wildman–Crippen LogP) is 4.20. The highest BCUT2D eigenvalue weighted by atomic mass is 16.5. The molecule has 4 rings (SSSR count). The van der Waals surface area contributed by atoms with E-state index in [1.165, 1.54) is 0 Å². The van der Waals surface area contributed by atoms with E-state index in [0.717, 1.165) is 23.0 Å². The van der Waals surface area contributed by atoms with Gasteiger partial charge in [-0.2, -0.15) is 0 Å². The van der Waals surface area contributed by atoms with Crippen LogP contribution in [0.3, 0.4) is 0 Å². The summed E-state index contributed by atoms with van der Waals surface area (Å²) in [6.45, 7) is 6.74. The maximum absolute atomic E-state index is 13.6. The molecule has 1 aliphatic heterocycles. The first-order valence-corrected chi connectivity index (χ1v) is 10.5. The largest absolute Gasteiger partial charge is 0.465 e. The van der Waals surface area contributed by atoms with Crippen LogP contribution in [0.1, 0.15) is 38.8 Å². The minimum absolute atomic E-state index is 0.230. The summed E-state index contributed by atoms with van der Waals surface area (Å²) in [6.07, 6.45) is 0.820. The number of benzene rings is 2. The van der Waals surface area contributed by atoms with Crippen molar-refractivity contribution in [3.8, 4) is 0 Å². The lowest BCUT2D eigenvalue weighted by Crippen LogP contribution is -2.50. The van der Waals surface area contributed by atoms with E-state index in [9.17, 15) is 9.59 Å². The Morgan fingerprint density at radius 2 is 1.80 bits per heavy atom. The number of ether oxygens (including phenoxy) is 1. The number of aromatic nitrogens is 2. The summed E-state index contributed by atoms with van der Waals surface area (Å²) >= 11 is 0. The van der Waals surface area contributed by atoms with Crippen LogP contribution in [0, 0.1) is 11.8 Å². The highest BCUT2D eigenvalue weighted by Crippen LogP contribution is 2.41. The summed E-state index contributed by atoms with van der Waals surface area (Å²) in [5.74, 6) is -0.676. The standard InChI is InChI=1S/C24H27N3O3/c1-4-30-23(29)20-21(17-10-6-5-7-11-17)27-19-13-9-8-12-18(19)25-24(27)26(22(20)28)15-14-16(2)3/h5-13,16,20-21H,4,14-15H2,1-3H3/t20-,21-/m0/s1. The number of nitrogens with zero attached hydrogens (tertiary/aromatic N) is 3. The summed E-state index contributed by atoms with van der Waals surface area (Å²) in [4.78, 5) is 33.2. The highest BCUT2D eigenvalue weighted by molar-refractivity contribution is 6.08. The van der Waals surface area contributed by atoms with Gasteiger partial charge < -0.3 is 9.30 Å². The molecule has 2 aromatic carbocycles. The van der Waals surface area contributed by atoms with E-state index in [-0.39, 0.29) is 12.5 Å². The molecule has 0 saturated heterocycles. The molecule has 0 saturated carbocycles. The SMILES string of the molecule is CCOC(=O)[C@@H]1C(=O)N(CCC(C)C)c2nc3ccccc3n2[C@H]1c1ccccc1. The molecule has 2 heterocycles. The number of anilines is 1. The van der Waals surface area contributed by atoms with Gasteiger partial charge in [0.05, 0.1) is 23.7 Å². The number of carbonyl (C=O) groups excluding carboxylic acids is 2. The summed E-state index contributed by atoms with van der Waals surface area (Å²) < 4.78 is 7.40. The third kappa shape index (κ3) is 3.47. The van der Waals surface area contributed by atoms with Crippen molar-refractivity contribution in [2.24, 2.45) is 11.8 Å². The molecule has 0 unspecified atom stereocenters. The molecule has 0 N–H and O–H groups in total. The lowest BCUT2D eigenvalue weighted by atomic mass is 9.89. The van der Waals surface area contributed by atoms with Gasteiger partial charge in [0.1, 0.15) is 0 Å². The van der Waals surface area contributed by atoms with Gasteiger partial charge >= 0.3 is 5.97 Å². The minimum atomic E-state index is -0.954. The third-order valence-corrected chi connectivity index (χ3v) is 5.56. The molecule has 3 aromatic rings. The molecular weight excluding hydrogens is 378 g/mol. The molecule has 0 aliphatic carbocycles. The zero-order valence-corrected chi connectivity index (χ0v) is 17.6. The van der Waals surface area contributed by atoms with E-state index in [1.54, 1.807) is 11.8 Å². The number of amides is 1. The summed E-state index contributed by atoms with van der Waals surface area (Å²) in [5, 5.41) is 0. The summed E-state index contributed by atoms with van der Waals surface area (Å²) in [6, 6.07) is 17.0. The lowest BCUT2D eigenvalue weighted by molar-refractivity contribution is -0.153. The normalized spacial score (nSPS) is 18.7. The fraction of sp³-hybridized carbons (Fsp3) is 0.375. The number of fused-ring (bicyclic) bond motifs is 3. The van der Waals surface area contributed by atoms with Crippen molar-refractivity contribution in [3.63, 3.8) is 0 Å². The number of hydrogen-bond acceptors (Lipinski definition) is 4. The number of esters is 1. The van der Waals surface area contributed by atoms with Crippen molar-refractivity contribution in [2.75, 3.05) is 18.1 Å². The Hall–Kier alpha value is -3.15. The van der Waals surface area contributed by atoms with E-state index >= 15 is 0 Å². The van der Waals surface area contributed by atoms with Gasteiger partial charge in [0.15, 0.2) is 5.92 Å². The molecule has 0 radical (unpaired) electrons. The van der Waals surface area contributed by atoms with Crippen LogP contribution >= 0.6 is 0 Å². The monoisotopic (exact) mass is 405 g/mol. The topological polar surface area (TPSA) is 64.4 Å². The van der Waals surface area contributed by atoms with Gasteiger partial charge in [-0.05, 0) is 37.0 Å². The first-order chi connectivity index (χ1) is 14.5. The van der Waals surface area contributed by atoms with Crippen molar-refractivity contribution >= 4 is 28.9 Å². The maximum Gasteiger partial charge on any atom is 0.321 e. The molecule has 2 atom stereocenters. The average molecular weight is 405 g/mol. The van der Waals surface area contributed by atoms with Gasteiger partial charge in [0.25, 0.3) is 0 Å². The van der Waals surface area contributed by atoms with E-state index in [1.807, 2.05) is 59.2 Å². The molecule has 0 bridgehead atoms. The van der Waals surface area contributed by atoms with E-state index in [4.69, 9.17) is 9.72 Å². The average Bonchev–Trinajstić information content (AvgIpc) is 3.12. The Kier molecular flexibility index (Phi) is 5.57. The smallest absolute Gasteiger partial charge is 0.321 e. The molecule has 6 nitrogen and oxygen atoms in total. The molecule has 0 spiro atoms. The molecule has 30 heavy (non-hydrogen) atoms. The zero-order chi connectivity index (χ0) is 21.3. The Labute approximate surface area is 176 Å². The zero-order valence-electron chi connectivity index (χ0n) is 17.6. The van der Waals surface area contributed by atoms with Gasteiger partial charge in [0, 0.05) is 6.54 Å². The van der Waals surface area contributed by atoms with Gasteiger partial charge in [-0.1, -0.05) is 56.3 Å². The molecule has 1 aliphatic rings. The lowest BCUT2D eigenvalue weighted by Gasteiger charge is -2.38. The summed E-state index contributed by atoms with van der Waals surface area (Å²) in [5.41, 5.74) is 2.59. The van der Waals surface area contributed by atoms with Gasteiger partial charge in [-0.3, -0.25) is 14.5 Å². The van der Waals surface area contributed by atoms with Crippen molar-refractivity contribution in [2.45, 2.75) is 33.2 Å². The first-order valence-electron chi connectivity index (χ1n) is 10.5. The first kappa shape index (κ1) is 20.1. The maximum atomic E-state index is 13.6. The second-order valence-corrected chi connectivity index (χ2v) is 8.03. The predicted molar refractivity (Wildman–Crippen MR) is 116 cm³/mol. The number of carbonyl (C=O) groups is 2. The Morgan fingerprint density at radius 3 is 2.50 bits per heavy atom. The molecule has 1 amide bonds. The van der Waals surface area contributed by atoms with Crippen molar-refractivity contribution in [1.82, 2.24) is 9.55 Å². The second-order valence-electron chi connectivity index (χ2n) is 8.03. The van der Waals surface area contributed by atoms with Crippen molar-refractivity contribution in [3.05, 3.63) is 60.2 Å². The number of rotatable bonds is 6. The molecule has 1 aromatic heterocycles. The van der Waals surface area contributed by atoms with Gasteiger partial charge in [-0.15, -0.1) is 0 Å². The minimum Gasteiger partial charge on any atom is -0.465 e. The molecule has 156 valence electrons. The number of para-hydroxylation sites is 2. The Balaban J connectivity index is 1.95. The molecule has 6 heteroatoms. The van der Waals surface area contributed by atoms with E-state index in [0.29, 0.717) is 18.4 Å². The van der Waals surface area contributed by atoms with Gasteiger partial charge in [0.2, 0.25) is 11.9 Å². The highest BCUT2D eigenvalue weighted by Gasteiger charge is 2.47. The fourth-order valence-corrected chi connectivity index (χ4v) is 4.10. The van der Waals surface area contributed by atoms with Crippen LogP contribution in [0.15, 0.2) is 54.6 Å². The van der Waals surface area contributed by atoms with Crippen LogP contribution in [0.25, 0.3) is 11.0 Å². The number of hydrogen-bond donors (Lipinski definition) is 0. The quantitative estimate of drug-likeness (QED) is 0.455. The van der Waals surface area contributed by atoms with Crippen LogP contribution in [0.5, 0.6) is 0 Å². The second kappa shape index (κ2) is 8.30. The van der Waals surface area contributed by atoms with Crippen LogP contribution in [-0.4, -0.2) is 34.6 Å². The van der Waals surface area contributed by atoms with Crippen LogP contribution in [0.4, 0.5) is 5.95 Å². The molecular formula is C24H27N3O3. The fourth-order valence-electron chi connectivity index (χ4n) is 4.10. The third-order valence-electron chi connectivity index (χ3n) is 5.56. The van der Waals surface area contributed by atoms with Crippen molar-refractivity contribution < 1.29 is 14.3 Å².